The predicted molar refractivity (Wildman–Crippen MR) is 177 cm³/mol. The zero-order chi connectivity index (χ0) is 31.1. The molecule has 13 nitrogen and oxygen atoms in total. The van der Waals surface area contributed by atoms with Gasteiger partial charge >= 0.3 is 43.8 Å². The maximum atomic E-state index is 11.5. The molecule has 13 radical (unpaired) electrons. The summed E-state index contributed by atoms with van der Waals surface area (Å²) < 4.78 is 46.0. The number of thiol groups is 1. The first-order valence-corrected chi connectivity index (χ1v) is 44.3. The van der Waals surface area contributed by atoms with Crippen molar-refractivity contribution in [2.75, 3.05) is 20.0 Å². The summed E-state index contributed by atoms with van der Waals surface area (Å²) in [7, 11) is -21.8. The summed E-state index contributed by atoms with van der Waals surface area (Å²) in [5.41, 5.74) is 0.459. The Bertz CT molecular complexity index is 787. The average Bonchev–Trinajstić information content (AvgIpc) is 2.89. The van der Waals surface area contributed by atoms with Crippen LogP contribution in [0.25, 0.3) is 0 Å². The molecule has 40 heavy (non-hydrogen) atoms. The molecule has 4 unspecified atom stereocenters. The third kappa shape index (κ3) is 8.04. The quantitative estimate of drug-likeness (QED) is 0.0566. The predicted octanol–water partition coefficient (Wildman–Crippen LogP) is -3.58. The van der Waals surface area contributed by atoms with Crippen LogP contribution in [0, 0.1) is 0 Å². The van der Waals surface area contributed by atoms with Gasteiger partial charge in [-0.1, -0.05) is 12.6 Å². The van der Waals surface area contributed by atoms with Gasteiger partial charge in [0, 0.05) is 14.2 Å². The molecular weight excluding hydrogens is 777 g/mol. The molecule has 0 aromatic rings. The Morgan fingerprint density at radius 2 is 1.52 bits per heavy atom. The second-order valence-electron chi connectivity index (χ2n) is 10.3. The molecule has 1 aliphatic rings. The number of rotatable bonds is 17. The van der Waals surface area contributed by atoms with Crippen LogP contribution in [0.1, 0.15) is 6.42 Å². The van der Waals surface area contributed by atoms with E-state index in [1.54, 1.807) is 0 Å². The molecule has 0 aromatic carbocycles. The monoisotopic (exact) mass is 815 g/mol. The van der Waals surface area contributed by atoms with Crippen molar-refractivity contribution in [2.24, 2.45) is 0 Å². The lowest BCUT2D eigenvalue weighted by Crippen LogP contribution is -2.99. The minimum Gasteiger partial charge on any atom is -0.437 e. The first kappa shape index (κ1) is 40.9. The lowest BCUT2D eigenvalue weighted by Gasteiger charge is -2.61. The van der Waals surface area contributed by atoms with Gasteiger partial charge in [0.15, 0.2) is 8.32 Å². The Balaban J connectivity index is 4.46. The topological polar surface area (TPSA) is 186 Å². The fourth-order valence-electron chi connectivity index (χ4n) is 5.12. The van der Waals surface area contributed by atoms with Crippen LogP contribution in [-0.4, -0.2) is 168 Å². The molecule has 6 N–H and O–H groups in total. The molecule has 0 amide bonds. The van der Waals surface area contributed by atoms with E-state index in [0.29, 0.717) is 17.5 Å². The Morgan fingerprint density at radius 1 is 0.925 bits per heavy atom. The van der Waals surface area contributed by atoms with Crippen molar-refractivity contribution < 1.29 is 58.2 Å². The van der Waals surface area contributed by atoms with Gasteiger partial charge in [0.25, 0.3) is 23.0 Å². The van der Waals surface area contributed by atoms with Gasteiger partial charge in [-0.3, -0.25) is 0 Å². The summed E-state index contributed by atoms with van der Waals surface area (Å²) in [5, 5.41) is 0. The van der Waals surface area contributed by atoms with Crippen LogP contribution in [0.5, 0.6) is 0 Å². The molecule has 227 valence electrons. The molecule has 28 heteroatoms. The molecule has 1 fully saturated rings. The Morgan fingerprint density at radius 3 is 1.93 bits per heavy atom. The Labute approximate surface area is 265 Å². The second kappa shape index (κ2) is 16.6. The van der Waals surface area contributed by atoms with Crippen LogP contribution < -0.4 is 0 Å². The van der Waals surface area contributed by atoms with Gasteiger partial charge in [-0.25, -0.2) is 0 Å². The van der Waals surface area contributed by atoms with Gasteiger partial charge in [0.1, 0.15) is 8.31 Å². The molecule has 4 atom stereocenters. The standard InChI is InChI=1S/C12H39O13SSi14/c1-19-36(8)12-34(4,5)23-35(6,7)24-38(40(36,32-18)22-28-14,39(30-16,31-17)21-27-13)25-37(20-2,29-15)33(3)11-9-10-26/h13-18,26H,9-12H2,1-8H3. The third-order valence-corrected chi connectivity index (χ3v) is 114. The smallest absolute Gasteiger partial charge is 0.418 e. The molecule has 1 saturated heterocycles. The van der Waals surface area contributed by atoms with E-state index in [1.807, 2.05) is 39.3 Å². The van der Waals surface area contributed by atoms with Crippen LogP contribution >= 0.6 is 12.6 Å². The Hall–Kier alpha value is 2.87. The van der Waals surface area contributed by atoms with Crippen LogP contribution in [0.15, 0.2) is 0 Å². The molecule has 1 rings (SSSR count). The molecule has 0 aliphatic carbocycles. The van der Waals surface area contributed by atoms with Crippen LogP contribution in [0.2, 0.25) is 51.0 Å². The average molecular weight is 817 g/mol. The van der Waals surface area contributed by atoms with Gasteiger partial charge in [0.05, 0.1) is 0 Å². The fourth-order valence-corrected chi connectivity index (χ4v) is 166. The summed E-state index contributed by atoms with van der Waals surface area (Å²) in [6.45, 7) is 3.45. The van der Waals surface area contributed by atoms with Crippen LogP contribution in [-0.2, 0) is 29.4 Å². The highest BCUT2D eigenvalue weighted by Crippen LogP contribution is 2.45. The largest absolute Gasteiger partial charge is 0.437 e. The SMILES string of the molecule is CO[Si](O[Si]1([Si](O[Si]O)([Si]O)[Si]O)O[Si](C)(C)O[Si](C)(C)C[Si](C)(OC)[Si]1(O[Si]O)[Si]O)([Si]O)[Si](C)CCCS. The molecule has 0 aromatic heterocycles. The first-order valence-electron chi connectivity index (χ1n) is 12.0. The zero-order valence-electron chi connectivity index (χ0n) is 23.8. The van der Waals surface area contributed by atoms with Crippen molar-refractivity contribution >= 4 is 132 Å². The van der Waals surface area contributed by atoms with Gasteiger partial charge in [-0.2, -0.15) is 12.6 Å². The summed E-state index contributed by atoms with van der Waals surface area (Å²) in [4.78, 5) is 65.3. The van der Waals surface area contributed by atoms with E-state index in [0.717, 1.165) is 6.42 Å². The number of hydrogen-bond acceptors (Lipinski definition) is 14. The summed E-state index contributed by atoms with van der Waals surface area (Å²) in [6, 6.07) is 0.696. The van der Waals surface area contributed by atoms with E-state index in [4.69, 9.17) is 29.4 Å². The molecule has 0 spiro atoms. The fraction of sp³-hybridized carbons (Fsp3) is 1.00. The van der Waals surface area contributed by atoms with Crippen molar-refractivity contribution in [1.82, 2.24) is 0 Å². The highest BCUT2D eigenvalue weighted by Gasteiger charge is 2.85. The molecule has 0 saturated carbocycles. The van der Waals surface area contributed by atoms with Crippen molar-refractivity contribution in [2.45, 2.75) is 57.4 Å². The van der Waals surface area contributed by atoms with E-state index >= 15 is 0 Å². The minimum absolute atomic E-state index is 0.459. The highest BCUT2D eigenvalue weighted by atomic mass is 32.1. The van der Waals surface area contributed by atoms with Crippen LogP contribution in [0.4, 0.5) is 0 Å². The van der Waals surface area contributed by atoms with E-state index in [-0.39, 0.29) is 0 Å². The minimum atomic E-state index is -4.50. The van der Waals surface area contributed by atoms with E-state index < -0.39 is 119 Å². The van der Waals surface area contributed by atoms with Gasteiger partial charge in [-0.15, -0.1) is 0 Å². The maximum absolute atomic E-state index is 11.5. The lowest BCUT2D eigenvalue weighted by atomic mass is 10.6. The summed E-state index contributed by atoms with van der Waals surface area (Å²) >= 11 is 4.35. The molecule has 1 aliphatic heterocycles. The van der Waals surface area contributed by atoms with E-state index in [1.165, 1.54) is 14.2 Å². The van der Waals surface area contributed by atoms with E-state index in [2.05, 4.69) is 12.6 Å². The Kier molecular flexibility index (Phi) is 17.0. The number of hydrogen-bond donors (Lipinski definition) is 7. The lowest BCUT2D eigenvalue weighted by molar-refractivity contribution is 0.284. The van der Waals surface area contributed by atoms with Crippen molar-refractivity contribution in [3.8, 4) is 0 Å². The molecular formula is C12H39O13SSi14. The summed E-state index contributed by atoms with van der Waals surface area (Å²) in [6.07, 6.45) is 0.752. The van der Waals surface area contributed by atoms with Crippen molar-refractivity contribution in [3.63, 3.8) is 0 Å². The first-order chi connectivity index (χ1) is 18.5. The van der Waals surface area contributed by atoms with Gasteiger partial charge < -0.3 is 58.2 Å². The van der Waals surface area contributed by atoms with Crippen LogP contribution in [0.3, 0.4) is 0 Å². The zero-order valence-corrected chi connectivity index (χ0v) is 38.7. The third-order valence-electron chi connectivity index (χ3n) is 6.66. The molecule has 0 bridgehead atoms. The van der Waals surface area contributed by atoms with E-state index in [9.17, 15) is 28.8 Å². The highest BCUT2D eigenvalue weighted by molar-refractivity contribution is 7.99. The second-order valence-corrected chi connectivity index (χ2v) is 75.4. The molecule has 1 heterocycles. The normalized spacial score (nSPS) is 30.6. The van der Waals surface area contributed by atoms with Crippen molar-refractivity contribution in [3.05, 3.63) is 0 Å². The summed E-state index contributed by atoms with van der Waals surface area (Å²) in [5.74, 6) is 0.626. The van der Waals surface area contributed by atoms with Gasteiger partial charge in [-0.05, 0) is 50.6 Å². The maximum Gasteiger partial charge on any atom is 0.418 e. The van der Waals surface area contributed by atoms with Crippen molar-refractivity contribution in [1.29, 1.82) is 0 Å². The van der Waals surface area contributed by atoms with Gasteiger partial charge in [0.2, 0.25) is 35.7 Å².